The van der Waals surface area contributed by atoms with Gasteiger partial charge in [-0.1, -0.05) is 0 Å². The van der Waals surface area contributed by atoms with Crippen molar-refractivity contribution in [2.75, 3.05) is 25.0 Å². The summed E-state index contributed by atoms with van der Waals surface area (Å²) in [6.45, 7) is 6.51. The number of anilines is 1. The molecular formula is C24H30FN3O4. The van der Waals surface area contributed by atoms with E-state index < -0.39 is 11.8 Å². The molecule has 1 aromatic carbocycles. The molecule has 2 aromatic rings. The van der Waals surface area contributed by atoms with Gasteiger partial charge in [0.25, 0.3) is 0 Å². The highest BCUT2D eigenvalue weighted by atomic mass is 19.1. The lowest BCUT2D eigenvalue weighted by atomic mass is 9.96. The van der Waals surface area contributed by atoms with Crippen molar-refractivity contribution in [3.05, 3.63) is 42.0 Å². The van der Waals surface area contributed by atoms with Crippen LogP contribution in [0.3, 0.4) is 0 Å². The maximum absolute atomic E-state index is 14.9. The Hall–Kier alpha value is -2.87. The van der Waals surface area contributed by atoms with Crippen LogP contribution in [-0.4, -0.2) is 59.2 Å². The van der Waals surface area contributed by atoms with Gasteiger partial charge in [-0.2, -0.15) is 0 Å². The van der Waals surface area contributed by atoms with Crippen LogP contribution in [0.4, 0.5) is 14.9 Å². The highest BCUT2D eigenvalue weighted by Gasteiger charge is 2.31. The molecule has 1 unspecified atom stereocenters. The summed E-state index contributed by atoms with van der Waals surface area (Å²) in [4.78, 5) is 19.8. The van der Waals surface area contributed by atoms with Crippen molar-refractivity contribution in [3.8, 4) is 16.9 Å². The average molecular weight is 444 g/mol. The SMILES string of the molecule is CN1c2cc(F)c(-c3cncc(O[C@@H]4CCN(C(=O)OC(C)(C)C)C4)c3)cc2CCC1O. The zero-order valence-electron chi connectivity index (χ0n) is 19.0. The number of carbonyl (C=O) groups excluding carboxylic acids is 1. The number of hydrogen-bond acceptors (Lipinski definition) is 6. The Labute approximate surface area is 187 Å². The number of amides is 1. The molecule has 2 aliphatic heterocycles. The molecule has 2 atom stereocenters. The molecule has 4 rings (SSSR count). The predicted molar refractivity (Wildman–Crippen MR) is 119 cm³/mol. The molecule has 1 fully saturated rings. The van der Waals surface area contributed by atoms with E-state index in [-0.39, 0.29) is 18.0 Å². The molecule has 8 heteroatoms. The number of rotatable bonds is 3. The van der Waals surface area contributed by atoms with E-state index in [1.165, 1.54) is 6.07 Å². The van der Waals surface area contributed by atoms with E-state index in [1.54, 1.807) is 35.3 Å². The second kappa shape index (κ2) is 8.58. The fourth-order valence-corrected chi connectivity index (χ4v) is 4.14. The van der Waals surface area contributed by atoms with Gasteiger partial charge in [-0.3, -0.25) is 4.98 Å². The van der Waals surface area contributed by atoms with Gasteiger partial charge in [-0.15, -0.1) is 0 Å². The number of carbonyl (C=O) groups is 1. The average Bonchev–Trinajstić information content (AvgIpc) is 3.18. The Kier molecular flexibility index (Phi) is 5.99. The molecule has 2 aliphatic rings. The van der Waals surface area contributed by atoms with Crippen LogP contribution in [0.1, 0.15) is 39.2 Å². The molecule has 1 amide bonds. The summed E-state index contributed by atoms with van der Waals surface area (Å²) in [5.41, 5.74) is 2.23. The lowest BCUT2D eigenvalue weighted by Crippen LogP contribution is -2.36. The van der Waals surface area contributed by atoms with Gasteiger partial charge in [-0.25, -0.2) is 9.18 Å². The first-order valence-corrected chi connectivity index (χ1v) is 10.9. The largest absolute Gasteiger partial charge is 0.487 e. The minimum Gasteiger partial charge on any atom is -0.487 e. The van der Waals surface area contributed by atoms with E-state index >= 15 is 0 Å². The van der Waals surface area contributed by atoms with Gasteiger partial charge >= 0.3 is 6.09 Å². The van der Waals surface area contributed by atoms with Gasteiger partial charge in [0.1, 0.15) is 29.5 Å². The molecule has 0 saturated carbocycles. The summed E-state index contributed by atoms with van der Waals surface area (Å²) in [7, 11) is 1.76. The first-order valence-electron chi connectivity index (χ1n) is 10.9. The number of aliphatic hydroxyl groups excluding tert-OH is 1. The fourth-order valence-electron chi connectivity index (χ4n) is 4.14. The number of fused-ring (bicyclic) bond motifs is 1. The second-order valence-corrected chi connectivity index (χ2v) is 9.46. The Morgan fingerprint density at radius 2 is 2.00 bits per heavy atom. The fraction of sp³-hybridized carbons (Fsp3) is 0.500. The number of aryl methyl sites for hydroxylation is 1. The zero-order valence-corrected chi connectivity index (χ0v) is 19.0. The van der Waals surface area contributed by atoms with Crippen LogP contribution in [0, 0.1) is 5.82 Å². The molecule has 0 spiro atoms. The number of benzene rings is 1. The Bertz CT molecular complexity index is 1010. The number of halogens is 1. The minimum absolute atomic E-state index is 0.178. The van der Waals surface area contributed by atoms with Crippen molar-refractivity contribution in [3.63, 3.8) is 0 Å². The summed E-state index contributed by atoms with van der Waals surface area (Å²) >= 11 is 0. The van der Waals surface area contributed by atoms with E-state index in [0.29, 0.717) is 54.9 Å². The Morgan fingerprint density at radius 1 is 1.22 bits per heavy atom. The van der Waals surface area contributed by atoms with Crippen molar-refractivity contribution in [2.45, 2.75) is 58.0 Å². The van der Waals surface area contributed by atoms with E-state index in [2.05, 4.69) is 4.98 Å². The maximum Gasteiger partial charge on any atom is 0.410 e. The summed E-state index contributed by atoms with van der Waals surface area (Å²) < 4.78 is 26.4. The molecule has 172 valence electrons. The van der Waals surface area contributed by atoms with Gasteiger partial charge in [0.2, 0.25) is 0 Å². The Balaban J connectivity index is 1.48. The van der Waals surface area contributed by atoms with Gasteiger partial charge in [0.15, 0.2) is 0 Å². The third-order valence-electron chi connectivity index (χ3n) is 5.79. The number of hydrogen-bond donors (Lipinski definition) is 1. The number of aromatic nitrogens is 1. The van der Waals surface area contributed by atoms with Gasteiger partial charge in [-0.05, 0) is 57.4 Å². The smallest absolute Gasteiger partial charge is 0.410 e. The van der Waals surface area contributed by atoms with Crippen molar-refractivity contribution in [2.24, 2.45) is 0 Å². The molecule has 1 saturated heterocycles. The standard InChI is InChI=1S/C24H30FN3O4/c1-24(2,3)32-23(30)28-8-7-17(14-28)31-18-9-16(12-26-13-18)19-10-15-5-6-22(29)27(4)21(15)11-20(19)25/h9-13,17,22,29H,5-8,14H2,1-4H3/t17-,22?/m1/s1. The quantitative estimate of drug-likeness (QED) is 0.774. The first-order chi connectivity index (χ1) is 15.1. The lowest BCUT2D eigenvalue weighted by molar-refractivity contribution is 0.0275. The van der Waals surface area contributed by atoms with Crippen LogP contribution in [0.15, 0.2) is 30.6 Å². The molecule has 0 bridgehead atoms. The number of pyridine rings is 1. The molecular weight excluding hydrogens is 413 g/mol. The Morgan fingerprint density at radius 3 is 2.75 bits per heavy atom. The molecule has 7 nitrogen and oxygen atoms in total. The summed E-state index contributed by atoms with van der Waals surface area (Å²) in [6.07, 6.45) is 4.06. The molecule has 1 aromatic heterocycles. The number of likely N-dealkylation sites (tertiary alicyclic amines) is 1. The van der Waals surface area contributed by atoms with E-state index in [0.717, 1.165) is 5.56 Å². The van der Waals surface area contributed by atoms with Gasteiger partial charge in [0, 0.05) is 43.0 Å². The summed E-state index contributed by atoms with van der Waals surface area (Å²) in [5, 5.41) is 10.0. The molecule has 1 N–H and O–H groups in total. The highest BCUT2D eigenvalue weighted by molar-refractivity contribution is 5.71. The second-order valence-electron chi connectivity index (χ2n) is 9.46. The molecule has 0 radical (unpaired) electrons. The summed E-state index contributed by atoms with van der Waals surface area (Å²) in [5.74, 6) is 0.156. The predicted octanol–water partition coefficient (Wildman–Crippen LogP) is 3.98. The molecule has 32 heavy (non-hydrogen) atoms. The van der Waals surface area contributed by atoms with Crippen molar-refractivity contribution in [1.82, 2.24) is 9.88 Å². The number of ether oxygens (including phenoxy) is 2. The van der Waals surface area contributed by atoms with Crippen LogP contribution in [0.5, 0.6) is 5.75 Å². The van der Waals surface area contributed by atoms with Gasteiger partial charge < -0.3 is 24.4 Å². The maximum atomic E-state index is 14.9. The lowest BCUT2D eigenvalue weighted by Gasteiger charge is -2.33. The third-order valence-corrected chi connectivity index (χ3v) is 5.79. The van der Waals surface area contributed by atoms with Crippen LogP contribution >= 0.6 is 0 Å². The van der Waals surface area contributed by atoms with Crippen LogP contribution in [0.2, 0.25) is 0 Å². The van der Waals surface area contributed by atoms with E-state index in [9.17, 15) is 14.3 Å². The molecule has 0 aliphatic carbocycles. The first kappa shape index (κ1) is 22.3. The van der Waals surface area contributed by atoms with Crippen molar-refractivity contribution in [1.29, 1.82) is 0 Å². The number of aliphatic hydroxyl groups is 1. The van der Waals surface area contributed by atoms with Crippen LogP contribution < -0.4 is 9.64 Å². The van der Waals surface area contributed by atoms with Crippen LogP contribution in [0.25, 0.3) is 11.1 Å². The minimum atomic E-state index is -0.599. The van der Waals surface area contributed by atoms with E-state index in [4.69, 9.17) is 9.47 Å². The van der Waals surface area contributed by atoms with Crippen molar-refractivity contribution >= 4 is 11.8 Å². The monoisotopic (exact) mass is 443 g/mol. The zero-order chi connectivity index (χ0) is 23.0. The third kappa shape index (κ3) is 4.80. The van der Waals surface area contributed by atoms with Crippen LogP contribution in [-0.2, 0) is 11.2 Å². The topological polar surface area (TPSA) is 75.1 Å². The van der Waals surface area contributed by atoms with Crippen molar-refractivity contribution < 1.29 is 23.8 Å². The normalized spacial score (nSPS) is 20.8. The summed E-state index contributed by atoms with van der Waals surface area (Å²) in [6, 6.07) is 5.07. The highest BCUT2D eigenvalue weighted by Crippen LogP contribution is 2.35. The molecule has 3 heterocycles. The number of nitrogens with zero attached hydrogens (tertiary/aromatic N) is 3. The van der Waals surface area contributed by atoms with E-state index in [1.807, 2.05) is 26.8 Å². The van der Waals surface area contributed by atoms with Gasteiger partial charge in [0.05, 0.1) is 12.7 Å².